The number of carbonyl (C=O) groups is 1. The molecule has 3 aromatic heterocycles. The first-order valence-corrected chi connectivity index (χ1v) is 7.79. The van der Waals surface area contributed by atoms with Crippen LogP contribution >= 0.6 is 27.3 Å². The van der Waals surface area contributed by atoms with E-state index in [0.717, 1.165) is 8.66 Å². The second kappa shape index (κ2) is 5.75. The van der Waals surface area contributed by atoms with Crippen LogP contribution in [-0.4, -0.2) is 20.5 Å². The number of nitriles is 1. The molecule has 0 amide bonds. The number of thiophene rings is 1. The highest BCUT2D eigenvalue weighted by Gasteiger charge is 2.16. The maximum absolute atomic E-state index is 11.1. The summed E-state index contributed by atoms with van der Waals surface area (Å²) in [5, 5.41) is 18.1. The zero-order valence-electron chi connectivity index (χ0n) is 11.0. The zero-order chi connectivity index (χ0) is 15.7. The van der Waals surface area contributed by atoms with Crippen molar-refractivity contribution >= 4 is 45.0 Å². The Kier molecular flexibility index (Phi) is 3.79. The molecule has 0 fully saturated rings. The highest BCUT2D eigenvalue weighted by molar-refractivity contribution is 9.11. The van der Waals surface area contributed by atoms with Crippen molar-refractivity contribution in [2.45, 2.75) is 0 Å². The van der Waals surface area contributed by atoms with E-state index in [1.165, 1.54) is 17.4 Å². The fraction of sp³-hybridized carbons (Fsp3) is 0. The number of hydrogen-bond donors (Lipinski definition) is 1. The van der Waals surface area contributed by atoms with Gasteiger partial charge in [-0.1, -0.05) is 6.07 Å². The van der Waals surface area contributed by atoms with Crippen LogP contribution in [0.15, 0.2) is 45.9 Å². The van der Waals surface area contributed by atoms with Crippen LogP contribution < -0.4 is 0 Å². The van der Waals surface area contributed by atoms with Gasteiger partial charge in [-0.15, -0.1) is 11.3 Å². The lowest BCUT2D eigenvalue weighted by Gasteiger charge is -1.99. The van der Waals surface area contributed by atoms with E-state index in [0.29, 0.717) is 17.0 Å². The zero-order valence-corrected chi connectivity index (χ0v) is 13.4. The number of fused-ring (bicyclic) bond motifs is 1. The minimum Gasteiger partial charge on any atom is -0.477 e. The molecule has 0 spiro atoms. The number of carboxylic acid groups (broad SMARTS) is 1. The summed E-state index contributed by atoms with van der Waals surface area (Å²) in [5.74, 6) is -1.26. The number of imidazole rings is 1. The first kappa shape index (κ1) is 14.5. The number of hydrogen-bond acceptors (Lipinski definition) is 4. The number of aliphatic carboxylic acids is 1. The van der Waals surface area contributed by atoms with Gasteiger partial charge in [-0.2, -0.15) is 5.26 Å². The molecule has 108 valence electrons. The van der Waals surface area contributed by atoms with E-state index < -0.39 is 5.97 Å². The first-order chi connectivity index (χ1) is 10.6. The first-order valence-electron chi connectivity index (χ1n) is 6.18. The molecule has 3 rings (SSSR count). The van der Waals surface area contributed by atoms with Crippen LogP contribution in [0.5, 0.6) is 0 Å². The highest BCUT2D eigenvalue weighted by Crippen LogP contribution is 2.34. The Balaban J connectivity index is 2.31. The largest absolute Gasteiger partial charge is 0.477 e. The van der Waals surface area contributed by atoms with E-state index in [4.69, 9.17) is 10.4 Å². The fourth-order valence-electron chi connectivity index (χ4n) is 2.05. The van der Waals surface area contributed by atoms with Crippen molar-refractivity contribution in [2.75, 3.05) is 0 Å². The molecular formula is C15H8BrN3O2S. The predicted molar refractivity (Wildman–Crippen MR) is 87.4 cm³/mol. The van der Waals surface area contributed by atoms with Gasteiger partial charge in [0.05, 0.1) is 14.4 Å². The van der Waals surface area contributed by atoms with E-state index >= 15 is 0 Å². The van der Waals surface area contributed by atoms with E-state index in [1.54, 1.807) is 16.7 Å². The maximum Gasteiger partial charge on any atom is 0.346 e. The van der Waals surface area contributed by atoms with Crippen molar-refractivity contribution in [2.24, 2.45) is 0 Å². The molecule has 1 N–H and O–H groups in total. The fourth-order valence-corrected chi connectivity index (χ4v) is 3.44. The Morgan fingerprint density at radius 3 is 2.86 bits per heavy atom. The Bertz CT molecular complexity index is 949. The number of pyridine rings is 1. The van der Waals surface area contributed by atoms with Crippen molar-refractivity contribution in [3.8, 4) is 16.6 Å². The van der Waals surface area contributed by atoms with Gasteiger partial charge in [0, 0.05) is 6.20 Å². The van der Waals surface area contributed by atoms with E-state index in [2.05, 4.69) is 20.9 Å². The number of aromatic nitrogens is 2. The van der Waals surface area contributed by atoms with Crippen molar-refractivity contribution < 1.29 is 9.90 Å². The van der Waals surface area contributed by atoms with Crippen LogP contribution in [0.25, 0.3) is 22.3 Å². The monoisotopic (exact) mass is 373 g/mol. The summed E-state index contributed by atoms with van der Waals surface area (Å²) in [5.41, 5.74) is 1.58. The molecule has 5 nitrogen and oxygen atoms in total. The molecule has 0 unspecified atom stereocenters. The summed E-state index contributed by atoms with van der Waals surface area (Å²) in [6.07, 6.45) is 3.14. The quantitative estimate of drug-likeness (QED) is 0.559. The molecule has 0 aliphatic heterocycles. The molecule has 0 aromatic carbocycles. The highest BCUT2D eigenvalue weighted by atomic mass is 79.9. The van der Waals surface area contributed by atoms with Gasteiger partial charge in [0.15, 0.2) is 0 Å². The van der Waals surface area contributed by atoms with Gasteiger partial charge in [-0.25, -0.2) is 9.78 Å². The average Bonchev–Trinajstić information content (AvgIpc) is 3.08. The normalized spacial score (nSPS) is 11.5. The summed E-state index contributed by atoms with van der Waals surface area (Å²) in [6.45, 7) is 0. The summed E-state index contributed by atoms with van der Waals surface area (Å²) in [4.78, 5) is 16.6. The Morgan fingerprint density at radius 1 is 1.41 bits per heavy atom. The van der Waals surface area contributed by atoms with Gasteiger partial charge in [0.1, 0.15) is 23.0 Å². The van der Waals surface area contributed by atoms with Crippen molar-refractivity contribution in [3.63, 3.8) is 0 Å². The third-order valence-electron chi connectivity index (χ3n) is 3.01. The van der Waals surface area contributed by atoms with Crippen LogP contribution in [-0.2, 0) is 4.79 Å². The predicted octanol–water partition coefficient (Wildman–Crippen LogP) is 3.82. The Labute approximate surface area is 137 Å². The molecule has 0 atom stereocenters. The maximum atomic E-state index is 11.1. The summed E-state index contributed by atoms with van der Waals surface area (Å²) < 4.78 is 2.72. The van der Waals surface area contributed by atoms with Crippen molar-refractivity contribution in [3.05, 3.63) is 51.6 Å². The molecule has 3 aromatic rings. The minimum atomic E-state index is -1.26. The van der Waals surface area contributed by atoms with Crippen LogP contribution in [0.2, 0.25) is 0 Å². The lowest BCUT2D eigenvalue weighted by Crippen LogP contribution is -1.98. The van der Waals surface area contributed by atoms with Crippen LogP contribution in [0.1, 0.15) is 5.69 Å². The number of nitrogens with zero attached hydrogens (tertiary/aromatic N) is 3. The second-order valence-corrected chi connectivity index (χ2v) is 6.82. The SMILES string of the molecule is N#CC(=Cc1c(-c2ccc(Br)s2)nc2ccccn12)C(=O)O. The number of rotatable bonds is 3. The molecule has 0 saturated carbocycles. The Hall–Kier alpha value is -2.43. The molecule has 3 heterocycles. The minimum absolute atomic E-state index is 0.331. The van der Waals surface area contributed by atoms with Crippen LogP contribution in [0, 0.1) is 11.3 Å². The summed E-state index contributed by atoms with van der Waals surface area (Å²) in [7, 11) is 0. The standard InChI is InChI=1S/C15H8BrN3O2S/c16-12-5-4-11(22-12)14-10(7-9(8-17)15(20)21)19-6-2-1-3-13(19)18-14/h1-7H,(H,20,21). The number of halogens is 1. The third kappa shape index (κ3) is 2.54. The molecule has 0 saturated heterocycles. The molecule has 22 heavy (non-hydrogen) atoms. The summed E-state index contributed by atoms with van der Waals surface area (Å²) >= 11 is 4.90. The van der Waals surface area contributed by atoms with Gasteiger partial charge in [0.2, 0.25) is 0 Å². The number of carboxylic acids is 1. The lowest BCUT2D eigenvalue weighted by atomic mass is 10.2. The summed E-state index contributed by atoms with van der Waals surface area (Å²) in [6, 6.07) is 11.0. The van der Waals surface area contributed by atoms with Gasteiger partial charge in [-0.05, 0) is 46.3 Å². The lowest BCUT2D eigenvalue weighted by molar-refractivity contribution is -0.132. The van der Waals surface area contributed by atoms with E-state index in [1.807, 2.05) is 30.3 Å². The van der Waals surface area contributed by atoms with Gasteiger partial charge in [0.25, 0.3) is 0 Å². The Morgan fingerprint density at radius 2 is 2.23 bits per heavy atom. The topological polar surface area (TPSA) is 78.4 Å². The third-order valence-corrected chi connectivity index (χ3v) is 4.64. The second-order valence-electron chi connectivity index (χ2n) is 4.35. The van der Waals surface area contributed by atoms with Crippen LogP contribution in [0.3, 0.4) is 0 Å². The van der Waals surface area contributed by atoms with E-state index in [9.17, 15) is 4.79 Å². The average molecular weight is 374 g/mol. The van der Waals surface area contributed by atoms with Crippen molar-refractivity contribution in [1.29, 1.82) is 5.26 Å². The molecule has 7 heteroatoms. The van der Waals surface area contributed by atoms with Crippen molar-refractivity contribution in [1.82, 2.24) is 9.38 Å². The molecule has 0 aliphatic carbocycles. The van der Waals surface area contributed by atoms with Gasteiger partial charge < -0.3 is 5.11 Å². The molecular weight excluding hydrogens is 366 g/mol. The molecule has 0 bridgehead atoms. The van der Waals surface area contributed by atoms with Gasteiger partial charge in [-0.3, -0.25) is 4.40 Å². The van der Waals surface area contributed by atoms with E-state index in [-0.39, 0.29) is 5.57 Å². The van der Waals surface area contributed by atoms with Gasteiger partial charge >= 0.3 is 5.97 Å². The molecule has 0 radical (unpaired) electrons. The van der Waals surface area contributed by atoms with Crippen LogP contribution in [0.4, 0.5) is 0 Å². The molecule has 0 aliphatic rings. The smallest absolute Gasteiger partial charge is 0.346 e.